The normalized spacial score (nSPS) is 14.6. The molecule has 422 valence electrons. The van der Waals surface area contributed by atoms with E-state index in [9.17, 15) is 0 Å². The van der Waals surface area contributed by atoms with Crippen molar-refractivity contribution in [2.24, 2.45) is 0 Å². The third kappa shape index (κ3) is 13.8. The van der Waals surface area contributed by atoms with Crippen LogP contribution in [-0.2, 0) is 10.8 Å². The van der Waals surface area contributed by atoms with Crippen LogP contribution in [0.15, 0.2) is 21.4 Å². The summed E-state index contributed by atoms with van der Waals surface area (Å²) in [6, 6.07) is 4.81. The maximum atomic E-state index is 20.0. The maximum absolute atomic E-state index is 20.0. The number of unbranched alkanes of at least 4 members (excludes halogenated alkanes) is 28. The van der Waals surface area contributed by atoms with Gasteiger partial charge < -0.3 is 0 Å². The van der Waals surface area contributed by atoms with Crippen molar-refractivity contribution in [3.05, 3.63) is 46.0 Å². The molecule has 10 heteroatoms. The second-order valence-electron chi connectivity index (χ2n) is 26.3. The fraction of sp³-hybridized carbons (Fsp3) is 0.727. The number of benzene rings is 3. The predicted molar refractivity (Wildman–Crippen MR) is 324 cm³/mol. The molecule has 0 spiro atoms. The first-order valence-corrected chi connectivity index (χ1v) is 51.9. The Morgan fingerprint density at radius 1 is 0.342 bits per heavy atom. The van der Waals surface area contributed by atoms with E-state index in [1.165, 1.54) is 161 Å². The Morgan fingerprint density at radius 2 is 0.579 bits per heavy atom. The molecule has 2 aliphatic carbocycles. The van der Waals surface area contributed by atoms with Crippen molar-refractivity contribution in [2.45, 2.75) is 299 Å². The Kier molecular flexibility index (Phi) is 23.5. The van der Waals surface area contributed by atoms with Crippen LogP contribution in [0.25, 0.3) is 44.3 Å². The van der Waals surface area contributed by atoms with Gasteiger partial charge in [0, 0.05) is 0 Å². The first kappa shape index (κ1) is 61.5. The molecule has 0 unspecified atom stereocenters. The van der Waals surface area contributed by atoms with E-state index in [4.69, 9.17) is 19.6 Å². The zero-order chi connectivity index (χ0) is 54.4. The van der Waals surface area contributed by atoms with Gasteiger partial charge in [-0.1, -0.05) is 53.4 Å². The molecule has 0 saturated heterocycles. The number of aromatic nitrogens is 4. The standard InChI is InChI=1S/C60H86F2N4O2.6CH3.2Sn/c1-5-9-13-17-21-25-29-33-41-59(42-34-30-26-22-18-14-10-6-2)45-37-39-47-57(65-67-63-47)49(45)51-53(59)55(61)52-50-46(38-40-48-58(50)66-68-64-48)60(54(52)56(51)62,43-35-31-27-23-19-15-11-7-3)44-36-32-28-24-20-16-12-8-4;;;;;;;;/h37-38H,5-36,41-44H2,1-4H3;6*1H3;;. The average molecular weight is 1260 g/mol. The van der Waals surface area contributed by atoms with Gasteiger partial charge in [-0.25, -0.2) is 0 Å². The van der Waals surface area contributed by atoms with E-state index in [1.54, 1.807) is 0 Å². The number of rotatable bonds is 38. The molecule has 0 atom stereocenters. The fourth-order valence-electron chi connectivity index (χ4n) is 14.1. The summed E-state index contributed by atoms with van der Waals surface area (Å²) >= 11 is -5.98. The van der Waals surface area contributed by atoms with E-state index in [2.05, 4.69) is 79.8 Å². The summed E-state index contributed by atoms with van der Waals surface area (Å²) in [5, 5.41) is 18.8. The Hall–Kier alpha value is -2.08. The topological polar surface area (TPSA) is 77.8 Å². The van der Waals surface area contributed by atoms with Gasteiger partial charge in [-0.05, 0) is 0 Å². The summed E-state index contributed by atoms with van der Waals surface area (Å²) in [5.74, 6) is -0.475. The van der Waals surface area contributed by atoms with Crippen LogP contribution < -0.4 is 7.16 Å². The molecular weight excluding hydrogens is 1160 g/mol. The van der Waals surface area contributed by atoms with Crippen LogP contribution in [0.4, 0.5) is 8.78 Å². The average Bonchev–Trinajstić information content (AvgIpc) is 4.19. The molecule has 2 aliphatic rings. The molecule has 76 heavy (non-hydrogen) atoms. The molecule has 5 aromatic rings. The zero-order valence-corrected chi connectivity index (χ0v) is 55.7. The minimum atomic E-state index is -2.99. The molecule has 0 aliphatic heterocycles. The molecule has 2 heterocycles. The van der Waals surface area contributed by atoms with E-state index >= 15 is 8.78 Å². The molecule has 0 N–H and O–H groups in total. The molecule has 0 bridgehead atoms. The Labute approximate surface area is 468 Å². The first-order valence-electron chi connectivity index (χ1n) is 31.9. The summed E-state index contributed by atoms with van der Waals surface area (Å²) < 4.78 is 53.9. The zero-order valence-electron chi connectivity index (χ0n) is 50.0. The van der Waals surface area contributed by atoms with Crippen molar-refractivity contribution in [1.82, 2.24) is 20.6 Å². The summed E-state index contributed by atoms with van der Waals surface area (Å²) in [6.07, 6.45) is 41.1. The van der Waals surface area contributed by atoms with Gasteiger partial charge in [0.15, 0.2) is 0 Å². The number of fused-ring (bicyclic) bond motifs is 10. The molecular formula is C66H104F2N4O2Sn2. The van der Waals surface area contributed by atoms with Crippen molar-refractivity contribution >= 4 is 66.0 Å². The predicted octanol–water partition coefficient (Wildman–Crippen LogP) is 20.8. The van der Waals surface area contributed by atoms with E-state index in [0.29, 0.717) is 33.3 Å². The van der Waals surface area contributed by atoms with E-state index < -0.39 is 47.6 Å². The molecule has 7 rings (SSSR count). The van der Waals surface area contributed by atoms with Crippen LogP contribution in [-0.4, -0.2) is 57.4 Å². The van der Waals surface area contributed by atoms with Gasteiger partial charge in [0.2, 0.25) is 0 Å². The van der Waals surface area contributed by atoms with E-state index in [0.717, 1.165) is 110 Å². The Balaban J connectivity index is 1.47. The Bertz CT molecular complexity index is 2390. The monoisotopic (exact) mass is 1260 g/mol. The number of nitrogens with zero attached hydrogens (tertiary/aromatic N) is 4. The smallest absolute Gasteiger partial charge is 0.0654 e. The molecule has 0 amide bonds. The SMILES string of the molecule is CCCCCCCCCCC1(CCCCCCCCCC)c2c[c]([Sn]([CH3])([CH3])[CH3])c3nonc3c2-c2c(F)c3c(c(F)c21)-c1c(c[c]([Sn]([CH3])([CH3])[CH3])c2nonc12)C3(CCCCCCCCCC)CCCCCCCCCC. The molecule has 0 saturated carbocycles. The second-order valence-corrected chi connectivity index (χ2v) is 55.1. The fourth-order valence-corrected chi connectivity index (χ4v) is 22.4. The number of halogens is 2. The van der Waals surface area contributed by atoms with Crippen LogP contribution in [0.3, 0.4) is 0 Å². The van der Waals surface area contributed by atoms with Gasteiger partial charge in [0.25, 0.3) is 0 Å². The molecule has 0 radical (unpaired) electrons. The third-order valence-electron chi connectivity index (χ3n) is 18.4. The van der Waals surface area contributed by atoms with Gasteiger partial charge >= 0.3 is 419 Å². The van der Waals surface area contributed by atoms with Gasteiger partial charge in [-0.15, -0.1) is 0 Å². The van der Waals surface area contributed by atoms with Gasteiger partial charge in [-0.2, -0.15) is 0 Å². The van der Waals surface area contributed by atoms with E-state index in [1.807, 2.05) is 0 Å². The van der Waals surface area contributed by atoms with Crippen molar-refractivity contribution in [3.8, 4) is 22.3 Å². The second kappa shape index (κ2) is 29.1. The number of hydrogen-bond donors (Lipinski definition) is 0. The van der Waals surface area contributed by atoms with Crippen molar-refractivity contribution < 1.29 is 18.0 Å². The van der Waals surface area contributed by atoms with Crippen LogP contribution >= 0.6 is 0 Å². The quantitative estimate of drug-likeness (QED) is 0.0289. The van der Waals surface area contributed by atoms with Gasteiger partial charge in [0.1, 0.15) is 0 Å². The molecule has 0 fully saturated rings. The molecule has 6 nitrogen and oxygen atoms in total. The summed E-state index contributed by atoms with van der Waals surface area (Å²) in [7, 11) is 0. The van der Waals surface area contributed by atoms with Crippen molar-refractivity contribution in [1.29, 1.82) is 0 Å². The van der Waals surface area contributed by atoms with Gasteiger partial charge in [-0.3, -0.25) is 0 Å². The van der Waals surface area contributed by atoms with Crippen LogP contribution in [0, 0.1) is 11.6 Å². The van der Waals surface area contributed by atoms with Gasteiger partial charge in [0.05, 0.1) is 0 Å². The Morgan fingerprint density at radius 3 is 0.829 bits per heavy atom. The minimum Gasteiger partial charge on any atom is -0.0654 e. The van der Waals surface area contributed by atoms with Crippen LogP contribution in [0.5, 0.6) is 0 Å². The first-order chi connectivity index (χ1) is 36.7. The molecule has 3 aromatic carbocycles. The summed E-state index contributed by atoms with van der Waals surface area (Å²) in [5.41, 5.74) is 7.03. The third-order valence-corrected chi connectivity index (χ3v) is 29.8. The van der Waals surface area contributed by atoms with Crippen LogP contribution in [0.1, 0.15) is 281 Å². The van der Waals surface area contributed by atoms with Crippen molar-refractivity contribution in [2.75, 3.05) is 0 Å². The number of hydrogen-bond acceptors (Lipinski definition) is 6. The van der Waals surface area contributed by atoms with Crippen molar-refractivity contribution in [3.63, 3.8) is 0 Å². The summed E-state index contributed by atoms with van der Waals surface area (Å²) in [4.78, 5) is 14.6. The van der Waals surface area contributed by atoms with E-state index in [-0.39, 0.29) is 11.6 Å². The minimum absolute atomic E-state index is 0.238. The summed E-state index contributed by atoms with van der Waals surface area (Å²) in [6.45, 7) is 9.12. The molecule has 2 aromatic heterocycles. The van der Waals surface area contributed by atoms with Crippen LogP contribution in [0.2, 0.25) is 29.6 Å².